The van der Waals surface area contributed by atoms with Gasteiger partial charge in [0.2, 0.25) is 0 Å². The summed E-state index contributed by atoms with van der Waals surface area (Å²) in [6.45, 7) is 1.70. The monoisotopic (exact) mass is 260 g/mol. The molecule has 0 radical (unpaired) electrons. The first kappa shape index (κ1) is 8.27. The molecule has 0 bridgehead atoms. The fourth-order valence-corrected chi connectivity index (χ4v) is 1.16. The van der Waals surface area contributed by atoms with E-state index >= 15 is 0 Å². The molecule has 1 aromatic rings. The molecule has 0 fully saturated rings. The van der Waals surface area contributed by atoms with E-state index in [1.165, 1.54) is 0 Å². The van der Waals surface area contributed by atoms with Gasteiger partial charge in [0.1, 0.15) is 6.07 Å². The van der Waals surface area contributed by atoms with Crippen molar-refractivity contribution in [2.45, 2.75) is 6.92 Å². The molecule has 0 aliphatic rings. The van der Waals surface area contributed by atoms with Gasteiger partial charge in [0, 0.05) is 5.69 Å². The van der Waals surface area contributed by atoms with Crippen molar-refractivity contribution in [2.24, 2.45) is 0 Å². The highest BCUT2D eigenvalue weighted by Crippen LogP contribution is 2.04. The quantitative estimate of drug-likeness (QED) is 0.711. The standard InChI is InChI=1S/C7H5IN2O/c1-4-5(3-9)2-6(8)7(11)10-4/h2H,1H3,(H,10,11). The largest absolute Gasteiger partial charge is 0.324 e. The third-order valence-electron chi connectivity index (χ3n) is 1.31. The Hall–Kier alpha value is -0.830. The van der Waals surface area contributed by atoms with Crippen LogP contribution in [0.15, 0.2) is 10.9 Å². The fraction of sp³-hybridized carbons (Fsp3) is 0.143. The Balaban J connectivity index is 3.47. The van der Waals surface area contributed by atoms with E-state index < -0.39 is 0 Å². The van der Waals surface area contributed by atoms with E-state index in [4.69, 9.17) is 5.26 Å². The molecule has 56 valence electrons. The second-order valence-electron chi connectivity index (χ2n) is 2.10. The first-order valence-corrected chi connectivity index (χ1v) is 4.02. The predicted octanol–water partition coefficient (Wildman–Crippen LogP) is 1.16. The minimum Gasteiger partial charge on any atom is -0.324 e. The van der Waals surface area contributed by atoms with Crippen molar-refractivity contribution < 1.29 is 0 Å². The van der Waals surface area contributed by atoms with Crippen molar-refractivity contribution in [2.75, 3.05) is 0 Å². The van der Waals surface area contributed by atoms with Gasteiger partial charge >= 0.3 is 0 Å². The summed E-state index contributed by atoms with van der Waals surface area (Å²) in [5.74, 6) is 0. The zero-order chi connectivity index (χ0) is 8.43. The van der Waals surface area contributed by atoms with Crippen LogP contribution in [-0.4, -0.2) is 4.98 Å². The van der Waals surface area contributed by atoms with Gasteiger partial charge in [-0.05, 0) is 35.6 Å². The Morgan fingerprint density at radius 3 is 2.91 bits per heavy atom. The van der Waals surface area contributed by atoms with Gasteiger partial charge in [0.15, 0.2) is 0 Å². The molecule has 0 unspecified atom stereocenters. The normalized spacial score (nSPS) is 9.18. The van der Waals surface area contributed by atoms with Crippen molar-refractivity contribution >= 4 is 22.6 Å². The Kier molecular flexibility index (Phi) is 2.29. The molecule has 1 aromatic heterocycles. The molecule has 11 heavy (non-hydrogen) atoms. The number of hydrogen-bond acceptors (Lipinski definition) is 2. The van der Waals surface area contributed by atoms with Crippen LogP contribution in [0.4, 0.5) is 0 Å². The maximum atomic E-state index is 10.9. The van der Waals surface area contributed by atoms with Gasteiger partial charge in [-0.3, -0.25) is 4.79 Å². The predicted molar refractivity (Wildman–Crippen MR) is 49.2 cm³/mol. The van der Waals surface area contributed by atoms with Crippen molar-refractivity contribution in [3.8, 4) is 6.07 Å². The van der Waals surface area contributed by atoms with Crippen LogP contribution in [0.3, 0.4) is 0 Å². The number of halogens is 1. The number of aromatic nitrogens is 1. The van der Waals surface area contributed by atoms with Crippen LogP contribution >= 0.6 is 22.6 Å². The van der Waals surface area contributed by atoms with E-state index in [1.54, 1.807) is 13.0 Å². The third-order valence-corrected chi connectivity index (χ3v) is 2.11. The summed E-state index contributed by atoms with van der Waals surface area (Å²) in [7, 11) is 0. The smallest absolute Gasteiger partial charge is 0.261 e. The Bertz CT molecular complexity index is 375. The lowest BCUT2D eigenvalue weighted by atomic mass is 10.2. The van der Waals surface area contributed by atoms with Gasteiger partial charge in [-0.2, -0.15) is 5.26 Å². The Morgan fingerprint density at radius 2 is 2.36 bits per heavy atom. The molecule has 1 rings (SSSR count). The van der Waals surface area contributed by atoms with E-state index in [0.29, 0.717) is 14.8 Å². The average molecular weight is 260 g/mol. The van der Waals surface area contributed by atoms with Gasteiger partial charge in [0.05, 0.1) is 9.13 Å². The molecule has 0 aliphatic heterocycles. The first-order valence-electron chi connectivity index (χ1n) is 2.94. The van der Waals surface area contributed by atoms with E-state index in [-0.39, 0.29) is 5.56 Å². The topological polar surface area (TPSA) is 56.6 Å². The average Bonchev–Trinajstić information content (AvgIpc) is 1.97. The molecule has 1 N–H and O–H groups in total. The van der Waals surface area contributed by atoms with E-state index in [1.807, 2.05) is 28.7 Å². The number of hydrogen-bond donors (Lipinski definition) is 1. The number of nitrogens with zero attached hydrogens (tertiary/aromatic N) is 1. The van der Waals surface area contributed by atoms with E-state index in [0.717, 1.165) is 0 Å². The molecule has 0 aliphatic carbocycles. The number of aromatic amines is 1. The van der Waals surface area contributed by atoms with Crippen LogP contribution in [0.2, 0.25) is 0 Å². The van der Waals surface area contributed by atoms with Crippen molar-refractivity contribution in [3.05, 3.63) is 31.2 Å². The van der Waals surface area contributed by atoms with Crippen LogP contribution in [0.25, 0.3) is 0 Å². The highest BCUT2D eigenvalue weighted by molar-refractivity contribution is 14.1. The van der Waals surface area contributed by atoms with Crippen LogP contribution in [0, 0.1) is 21.8 Å². The fourth-order valence-electron chi connectivity index (χ4n) is 0.714. The van der Waals surface area contributed by atoms with Crippen molar-refractivity contribution in [1.29, 1.82) is 5.26 Å². The lowest BCUT2D eigenvalue weighted by Crippen LogP contribution is -2.11. The van der Waals surface area contributed by atoms with Gasteiger partial charge < -0.3 is 4.98 Å². The van der Waals surface area contributed by atoms with Crippen LogP contribution in [0.1, 0.15) is 11.3 Å². The molecule has 4 heteroatoms. The lowest BCUT2D eigenvalue weighted by molar-refractivity contribution is 1.11. The van der Waals surface area contributed by atoms with Crippen molar-refractivity contribution in [3.63, 3.8) is 0 Å². The summed E-state index contributed by atoms with van der Waals surface area (Å²) in [5, 5.41) is 8.56. The number of nitrogens with one attached hydrogen (secondary N) is 1. The SMILES string of the molecule is Cc1[nH]c(=O)c(I)cc1C#N. The Morgan fingerprint density at radius 1 is 1.73 bits per heavy atom. The Labute approximate surface area is 77.2 Å². The summed E-state index contributed by atoms with van der Waals surface area (Å²) < 4.78 is 0.546. The molecule has 0 saturated heterocycles. The van der Waals surface area contributed by atoms with Crippen LogP contribution in [0.5, 0.6) is 0 Å². The molecule has 0 atom stereocenters. The van der Waals surface area contributed by atoms with E-state index in [2.05, 4.69) is 4.98 Å². The third kappa shape index (κ3) is 1.60. The highest BCUT2D eigenvalue weighted by atomic mass is 127. The maximum Gasteiger partial charge on any atom is 0.261 e. The summed E-state index contributed by atoms with van der Waals surface area (Å²) in [6, 6.07) is 3.57. The molecule has 0 aromatic carbocycles. The van der Waals surface area contributed by atoms with Crippen LogP contribution in [-0.2, 0) is 0 Å². The molecular formula is C7H5IN2O. The van der Waals surface area contributed by atoms with Gasteiger partial charge in [-0.15, -0.1) is 0 Å². The molecule has 3 nitrogen and oxygen atoms in total. The summed E-state index contributed by atoms with van der Waals surface area (Å²) >= 11 is 1.90. The first-order chi connectivity index (χ1) is 5.15. The number of pyridine rings is 1. The zero-order valence-corrected chi connectivity index (χ0v) is 7.97. The number of aryl methyl sites for hydroxylation is 1. The molecule has 0 saturated carbocycles. The molecule has 0 spiro atoms. The zero-order valence-electron chi connectivity index (χ0n) is 5.81. The molecule has 0 amide bonds. The molecular weight excluding hydrogens is 255 g/mol. The van der Waals surface area contributed by atoms with Gasteiger partial charge in [0.25, 0.3) is 5.56 Å². The summed E-state index contributed by atoms with van der Waals surface area (Å²) in [5.41, 5.74) is 1.01. The summed E-state index contributed by atoms with van der Waals surface area (Å²) in [4.78, 5) is 13.5. The minimum atomic E-state index is -0.137. The lowest BCUT2D eigenvalue weighted by Gasteiger charge is -1.95. The molecule has 1 heterocycles. The second-order valence-corrected chi connectivity index (χ2v) is 3.26. The van der Waals surface area contributed by atoms with Gasteiger partial charge in [-0.25, -0.2) is 0 Å². The highest BCUT2D eigenvalue weighted by Gasteiger charge is 2.00. The minimum absolute atomic E-state index is 0.137. The van der Waals surface area contributed by atoms with Gasteiger partial charge in [-0.1, -0.05) is 0 Å². The second kappa shape index (κ2) is 3.05. The maximum absolute atomic E-state index is 10.9. The summed E-state index contributed by atoms with van der Waals surface area (Å²) in [6.07, 6.45) is 0. The van der Waals surface area contributed by atoms with E-state index in [9.17, 15) is 4.79 Å². The number of rotatable bonds is 0. The number of nitriles is 1. The van der Waals surface area contributed by atoms with Crippen LogP contribution < -0.4 is 5.56 Å². The van der Waals surface area contributed by atoms with Crippen molar-refractivity contribution in [1.82, 2.24) is 4.98 Å². The number of H-pyrrole nitrogens is 1.